The number of methoxy groups -OCH3 is 2. The summed E-state index contributed by atoms with van der Waals surface area (Å²) in [7, 11) is -1.19. The molecule has 0 radical (unpaired) electrons. The second kappa shape index (κ2) is 9.48. The number of nitrogens with zero attached hydrogens (tertiary/aromatic N) is 2. The van der Waals surface area contributed by atoms with Crippen molar-refractivity contribution in [3.63, 3.8) is 0 Å². The Labute approximate surface area is 181 Å². The average Bonchev–Trinajstić information content (AvgIpc) is 2.78. The Kier molecular flexibility index (Phi) is 6.76. The fraction of sp³-hybridized carbons (Fsp3) is 0.182. The number of hydrogen-bond donors (Lipinski definition) is 1. The Morgan fingerprint density at radius 3 is 2.39 bits per heavy atom. The maximum Gasteiger partial charge on any atom is 0.264 e. The maximum absolute atomic E-state index is 13.5. The average molecular weight is 442 g/mol. The van der Waals surface area contributed by atoms with Gasteiger partial charge in [0, 0.05) is 6.20 Å². The standard InChI is InChI=1S/C22H23N3O5S/c1-16-10-12-17(13-11-16)31(27,28)25(19-8-4-5-9-20(19)29-2)15-21(26)24-18-7-6-14-23-22(18)30-3/h4-14H,15H2,1-3H3,(H,24,26). The molecule has 0 bridgehead atoms. The van der Waals surface area contributed by atoms with Crippen molar-refractivity contribution in [3.8, 4) is 11.6 Å². The molecular formula is C22H23N3O5S. The molecule has 1 N–H and O–H groups in total. The Balaban J connectivity index is 2.00. The minimum Gasteiger partial charge on any atom is -0.495 e. The van der Waals surface area contributed by atoms with Crippen LogP contribution in [-0.4, -0.2) is 40.1 Å². The van der Waals surface area contributed by atoms with E-state index in [9.17, 15) is 13.2 Å². The number of aryl methyl sites for hydroxylation is 1. The zero-order valence-electron chi connectivity index (χ0n) is 17.4. The summed E-state index contributed by atoms with van der Waals surface area (Å²) < 4.78 is 38.5. The van der Waals surface area contributed by atoms with Crippen LogP contribution in [0.25, 0.3) is 0 Å². The summed E-state index contributed by atoms with van der Waals surface area (Å²) in [6.45, 7) is 1.39. The summed E-state index contributed by atoms with van der Waals surface area (Å²) in [5, 5.41) is 2.66. The maximum atomic E-state index is 13.5. The van der Waals surface area contributed by atoms with Crippen LogP contribution in [0.5, 0.6) is 11.6 Å². The predicted molar refractivity (Wildman–Crippen MR) is 118 cm³/mol. The Morgan fingerprint density at radius 1 is 1.00 bits per heavy atom. The van der Waals surface area contributed by atoms with Gasteiger partial charge in [-0.1, -0.05) is 29.8 Å². The number of carbonyl (C=O) groups excluding carboxylic acids is 1. The van der Waals surface area contributed by atoms with Gasteiger partial charge in [0.25, 0.3) is 10.0 Å². The van der Waals surface area contributed by atoms with E-state index in [-0.39, 0.29) is 16.5 Å². The Hall–Kier alpha value is -3.59. The van der Waals surface area contributed by atoms with E-state index in [2.05, 4.69) is 10.3 Å². The minimum absolute atomic E-state index is 0.0655. The molecular weight excluding hydrogens is 418 g/mol. The highest BCUT2D eigenvalue weighted by atomic mass is 32.2. The van der Waals surface area contributed by atoms with Crippen molar-refractivity contribution < 1.29 is 22.7 Å². The topological polar surface area (TPSA) is 97.8 Å². The zero-order chi connectivity index (χ0) is 22.4. The van der Waals surface area contributed by atoms with Crippen LogP contribution < -0.4 is 19.1 Å². The number of sulfonamides is 1. The molecule has 0 saturated heterocycles. The molecule has 1 heterocycles. The number of hydrogen-bond acceptors (Lipinski definition) is 6. The van der Waals surface area contributed by atoms with E-state index in [1.807, 2.05) is 6.92 Å². The Bertz CT molecular complexity index is 1160. The molecule has 0 unspecified atom stereocenters. The van der Waals surface area contributed by atoms with E-state index in [0.717, 1.165) is 9.87 Å². The number of anilines is 2. The van der Waals surface area contributed by atoms with E-state index in [4.69, 9.17) is 9.47 Å². The van der Waals surface area contributed by atoms with E-state index < -0.39 is 22.5 Å². The van der Waals surface area contributed by atoms with E-state index >= 15 is 0 Å². The highest BCUT2D eigenvalue weighted by Gasteiger charge is 2.29. The van der Waals surface area contributed by atoms with Crippen LogP contribution in [0.3, 0.4) is 0 Å². The van der Waals surface area contributed by atoms with Gasteiger partial charge in [-0.15, -0.1) is 0 Å². The van der Waals surface area contributed by atoms with Gasteiger partial charge in [0.05, 0.1) is 24.8 Å². The lowest BCUT2D eigenvalue weighted by atomic mass is 10.2. The van der Waals surface area contributed by atoms with Gasteiger partial charge < -0.3 is 14.8 Å². The summed E-state index contributed by atoms with van der Waals surface area (Å²) in [6, 6.07) is 16.3. The molecule has 0 aliphatic heterocycles. The molecule has 0 aliphatic rings. The smallest absolute Gasteiger partial charge is 0.264 e. The van der Waals surface area contributed by atoms with Crippen LogP contribution in [0.15, 0.2) is 71.8 Å². The number of amides is 1. The molecule has 0 aliphatic carbocycles. The molecule has 3 aromatic rings. The number of pyridine rings is 1. The van der Waals surface area contributed by atoms with Gasteiger partial charge in [-0.3, -0.25) is 9.10 Å². The largest absolute Gasteiger partial charge is 0.495 e. The summed E-state index contributed by atoms with van der Waals surface area (Å²) in [5.41, 5.74) is 1.51. The van der Waals surface area contributed by atoms with Gasteiger partial charge in [0.15, 0.2) is 0 Å². The second-order valence-corrected chi connectivity index (χ2v) is 8.47. The lowest BCUT2D eigenvalue weighted by Crippen LogP contribution is -2.38. The third-order valence-electron chi connectivity index (χ3n) is 4.49. The first-order valence-electron chi connectivity index (χ1n) is 9.38. The molecule has 0 saturated carbocycles. The van der Waals surface area contributed by atoms with Gasteiger partial charge in [0.1, 0.15) is 18.0 Å². The van der Waals surface area contributed by atoms with Crippen LogP contribution >= 0.6 is 0 Å². The molecule has 1 amide bonds. The molecule has 162 valence electrons. The highest BCUT2D eigenvalue weighted by molar-refractivity contribution is 7.92. The number of rotatable bonds is 8. The van der Waals surface area contributed by atoms with Crippen LogP contribution in [0.2, 0.25) is 0 Å². The lowest BCUT2D eigenvalue weighted by molar-refractivity contribution is -0.114. The highest BCUT2D eigenvalue weighted by Crippen LogP contribution is 2.32. The first kappa shape index (κ1) is 22.1. The first-order valence-corrected chi connectivity index (χ1v) is 10.8. The van der Waals surface area contributed by atoms with E-state index in [0.29, 0.717) is 11.4 Å². The van der Waals surface area contributed by atoms with Crippen molar-refractivity contribution in [1.82, 2.24) is 4.98 Å². The van der Waals surface area contributed by atoms with Crippen molar-refractivity contribution in [2.75, 3.05) is 30.4 Å². The van der Waals surface area contributed by atoms with E-state index in [1.165, 1.54) is 32.5 Å². The molecule has 9 heteroatoms. The van der Waals surface area contributed by atoms with Gasteiger partial charge in [-0.05, 0) is 43.3 Å². The molecule has 0 fully saturated rings. The molecule has 2 aromatic carbocycles. The third-order valence-corrected chi connectivity index (χ3v) is 6.26. The molecule has 0 spiro atoms. The quantitative estimate of drug-likeness (QED) is 0.576. The number of nitrogens with one attached hydrogen (secondary N) is 1. The van der Waals surface area contributed by atoms with Crippen molar-refractivity contribution in [3.05, 3.63) is 72.4 Å². The van der Waals surface area contributed by atoms with E-state index in [1.54, 1.807) is 48.5 Å². The summed E-state index contributed by atoms with van der Waals surface area (Å²) >= 11 is 0. The molecule has 1 aromatic heterocycles. The zero-order valence-corrected chi connectivity index (χ0v) is 18.2. The summed E-state index contributed by atoms with van der Waals surface area (Å²) in [4.78, 5) is 17.0. The monoisotopic (exact) mass is 441 g/mol. The van der Waals surface area contributed by atoms with Crippen molar-refractivity contribution in [2.45, 2.75) is 11.8 Å². The molecule has 8 nitrogen and oxygen atoms in total. The Morgan fingerprint density at radius 2 is 1.71 bits per heavy atom. The lowest BCUT2D eigenvalue weighted by Gasteiger charge is -2.25. The SMILES string of the molecule is COc1ccccc1N(CC(=O)Nc1cccnc1OC)S(=O)(=O)c1ccc(C)cc1. The van der Waals surface area contributed by atoms with Crippen LogP contribution in [0.4, 0.5) is 11.4 Å². The summed E-state index contributed by atoms with van der Waals surface area (Å²) in [5.74, 6) is -0.0149. The predicted octanol–water partition coefficient (Wildman–Crippen LogP) is 3.24. The number of para-hydroxylation sites is 2. The first-order chi connectivity index (χ1) is 14.9. The number of carbonyl (C=O) groups is 1. The van der Waals surface area contributed by atoms with Crippen LogP contribution in [-0.2, 0) is 14.8 Å². The van der Waals surface area contributed by atoms with Gasteiger partial charge in [-0.25, -0.2) is 13.4 Å². The molecule has 31 heavy (non-hydrogen) atoms. The number of benzene rings is 2. The minimum atomic E-state index is -4.06. The number of aromatic nitrogens is 1. The van der Waals surface area contributed by atoms with Crippen molar-refractivity contribution in [2.24, 2.45) is 0 Å². The van der Waals surface area contributed by atoms with Crippen molar-refractivity contribution >= 4 is 27.3 Å². The fourth-order valence-electron chi connectivity index (χ4n) is 2.94. The third kappa shape index (κ3) is 4.95. The molecule has 0 atom stereocenters. The second-order valence-electron chi connectivity index (χ2n) is 6.60. The molecule has 3 rings (SSSR count). The van der Waals surface area contributed by atoms with Crippen molar-refractivity contribution in [1.29, 1.82) is 0 Å². The van der Waals surface area contributed by atoms with Gasteiger partial charge in [0.2, 0.25) is 11.8 Å². The number of ether oxygens (including phenoxy) is 2. The normalized spacial score (nSPS) is 10.9. The fourth-order valence-corrected chi connectivity index (χ4v) is 4.37. The van der Waals surface area contributed by atoms with Crippen LogP contribution in [0.1, 0.15) is 5.56 Å². The van der Waals surface area contributed by atoms with Gasteiger partial charge in [-0.2, -0.15) is 0 Å². The summed E-state index contributed by atoms with van der Waals surface area (Å²) in [6.07, 6.45) is 1.53. The van der Waals surface area contributed by atoms with Gasteiger partial charge >= 0.3 is 0 Å². The van der Waals surface area contributed by atoms with Crippen LogP contribution in [0, 0.1) is 6.92 Å².